The summed E-state index contributed by atoms with van der Waals surface area (Å²) in [6, 6.07) is 18.0. The maximum absolute atomic E-state index is 12.1. The van der Waals surface area contributed by atoms with E-state index in [1.54, 1.807) is 19.6 Å². The maximum atomic E-state index is 12.1. The van der Waals surface area contributed by atoms with Crippen molar-refractivity contribution < 1.29 is 9.53 Å². The van der Waals surface area contributed by atoms with Crippen LogP contribution in [-0.4, -0.2) is 62.1 Å². The molecular formula is C29H30N8O2. The topological polar surface area (TPSA) is 110 Å². The third-order valence-electron chi connectivity index (χ3n) is 6.97. The minimum atomic E-state index is 0.211. The van der Waals surface area contributed by atoms with E-state index in [9.17, 15) is 4.79 Å². The average Bonchev–Trinajstić information content (AvgIpc) is 3.57. The molecule has 0 aliphatic carbocycles. The second kappa shape index (κ2) is 10.9. The predicted octanol–water partition coefficient (Wildman–Crippen LogP) is 4.40. The molecule has 198 valence electrons. The van der Waals surface area contributed by atoms with Crippen LogP contribution in [0.15, 0.2) is 67.1 Å². The van der Waals surface area contributed by atoms with Crippen molar-refractivity contribution >= 4 is 45.4 Å². The monoisotopic (exact) mass is 522 g/mol. The van der Waals surface area contributed by atoms with E-state index in [1.165, 1.54) is 5.56 Å². The number of nitrogens with one attached hydrogen (secondary N) is 2. The Morgan fingerprint density at radius 1 is 1.03 bits per heavy atom. The molecule has 1 aliphatic heterocycles. The highest BCUT2D eigenvalue weighted by Gasteiger charge is 2.20. The molecule has 0 bridgehead atoms. The third kappa shape index (κ3) is 5.45. The highest BCUT2D eigenvalue weighted by atomic mass is 16.5. The number of anilines is 3. The lowest BCUT2D eigenvalue weighted by atomic mass is 10.1. The molecule has 0 unspecified atom stereocenters. The number of methoxy groups -OCH3 is 1. The van der Waals surface area contributed by atoms with E-state index in [2.05, 4.69) is 32.7 Å². The number of imidazole rings is 1. The Morgan fingerprint density at radius 2 is 1.92 bits per heavy atom. The molecule has 1 amide bonds. The van der Waals surface area contributed by atoms with E-state index < -0.39 is 0 Å². The van der Waals surface area contributed by atoms with Gasteiger partial charge in [0.05, 0.1) is 19.0 Å². The van der Waals surface area contributed by atoms with Crippen LogP contribution in [0.1, 0.15) is 18.4 Å². The van der Waals surface area contributed by atoms with E-state index >= 15 is 0 Å². The predicted molar refractivity (Wildman–Crippen MR) is 151 cm³/mol. The Labute approximate surface area is 226 Å². The van der Waals surface area contributed by atoms with Crippen LogP contribution in [0.2, 0.25) is 0 Å². The molecular weight excluding hydrogens is 492 g/mol. The number of carbonyl (C=O) groups excluding carboxylic acids is 1. The van der Waals surface area contributed by atoms with Crippen molar-refractivity contribution in [3.63, 3.8) is 0 Å². The molecule has 6 rings (SSSR count). The molecule has 2 aromatic carbocycles. The number of benzene rings is 2. The summed E-state index contributed by atoms with van der Waals surface area (Å²) in [7, 11) is 1.67. The summed E-state index contributed by atoms with van der Waals surface area (Å²) < 4.78 is 7.25. The van der Waals surface area contributed by atoms with Crippen LogP contribution in [-0.2, 0) is 17.8 Å². The van der Waals surface area contributed by atoms with Gasteiger partial charge in [0.15, 0.2) is 17.0 Å². The van der Waals surface area contributed by atoms with Gasteiger partial charge in [-0.1, -0.05) is 18.2 Å². The number of nitrogens with zero attached hydrogens (tertiary/aromatic N) is 6. The summed E-state index contributed by atoms with van der Waals surface area (Å²) in [5.41, 5.74) is 4.40. The van der Waals surface area contributed by atoms with Gasteiger partial charge in [-0.2, -0.15) is 9.97 Å². The Hall–Kier alpha value is -4.73. The molecule has 0 saturated carbocycles. The van der Waals surface area contributed by atoms with Gasteiger partial charge in [-0.25, -0.2) is 4.98 Å². The Kier molecular flexibility index (Phi) is 6.90. The molecule has 39 heavy (non-hydrogen) atoms. The fraction of sp³-hybridized carbons (Fsp3) is 0.276. The van der Waals surface area contributed by atoms with Crippen molar-refractivity contribution in [2.45, 2.75) is 25.8 Å². The number of aromatic nitrogens is 5. The highest BCUT2D eigenvalue weighted by molar-refractivity contribution is 5.86. The minimum absolute atomic E-state index is 0.211. The quantitative estimate of drug-likeness (QED) is 0.278. The number of pyridine rings is 1. The maximum Gasteiger partial charge on any atom is 0.231 e. The number of hydrogen-bond acceptors (Lipinski definition) is 8. The van der Waals surface area contributed by atoms with Gasteiger partial charge in [-0.3, -0.25) is 9.78 Å². The first-order valence-corrected chi connectivity index (χ1v) is 13.2. The minimum Gasteiger partial charge on any atom is -0.497 e. The molecule has 4 heterocycles. The van der Waals surface area contributed by atoms with Crippen molar-refractivity contribution in [2.24, 2.45) is 0 Å². The Balaban J connectivity index is 1.26. The number of ether oxygens (including phenoxy) is 1. The van der Waals surface area contributed by atoms with Crippen molar-refractivity contribution in [1.82, 2.24) is 29.4 Å². The molecule has 5 aromatic rings. The summed E-state index contributed by atoms with van der Waals surface area (Å²) in [6.07, 6.45) is 5.93. The van der Waals surface area contributed by atoms with Crippen LogP contribution in [0.25, 0.3) is 22.1 Å². The van der Waals surface area contributed by atoms with Crippen LogP contribution in [0.5, 0.6) is 5.75 Å². The number of amides is 1. The van der Waals surface area contributed by atoms with Gasteiger partial charge in [0.2, 0.25) is 11.9 Å². The molecule has 1 fully saturated rings. The lowest BCUT2D eigenvalue weighted by Crippen LogP contribution is -2.28. The van der Waals surface area contributed by atoms with E-state index in [0.717, 1.165) is 41.7 Å². The first-order valence-electron chi connectivity index (χ1n) is 13.2. The Morgan fingerprint density at radius 3 is 2.74 bits per heavy atom. The summed E-state index contributed by atoms with van der Waals surface area (Å²) >= 11 is 0. The highest BCUT2D eigenvalue weighted by Crippen LogP contribution is 2.25. The molecule has 2 N–H and O–H groups in total. The number of fused-ring (bicyclic) bond motifs is 2. The summed E-state index contributed by atoms with van der Waals surface area (Å²) in [5.74, 6) is 2.18. The van der Waals surface area contributed by atoms with E-state index in [4.69, 9.17) is 14.7 Å². The molecule has 1 saturated heterocycles. The largest absolute Gasteiger partial charge is 0.497 e. The molecule has 10 nitrogen and oxygen atoms in total. The zero-order valence-electron chi connectivity index (χ0n) is 21.8. The second-order valence-corrected chi connectivity index (χ2v) is 9.55. The molecule has 1 aliphatic rings. The number of hydrogen-bond donors (Lipinski definition) is 2. The van der Waals surface area contributed by atoms with E-state index in [-0.39, 0.29) is 5.91 Å². The fourth-order valence-corrected chi connectivity index (χ4v) is 4.86. The second-order valence-electron chi connectivity index (χ2n) is 9.55. The van der Waals surface area contributed by atoms with Gasteiger partial charge in [0, 0.05) is 49.9 Å². The zero-order valence-corrected chi connectivity index (χ0v) is 21.8. The van der Waals surface area contributed by atoms with Gasteiger partial charge in [-0.15, -0.1) is 0 Å². The van der Waals surface area contributed by atoms with Crippen LogP contribution in [0.4, 0.5) is 17.5 Å². The lowest BCUT2D eigenvalue weighted by Gasteiger charge is -2.16. The SMILES string of the molecule is COc1ccc(CCNc2nc(Nc3ccc4ncccc4c3)nc3c2ncn3CCN2CCCC2=O)cc1. The van der Waals surface area contributed by atoms with Gasteiger partial charge >= 0.3 is 0 Å². The summed E-state index contributed by atoms with van der Waals surface area (Å²) in [4.78, 5) is 32.7. The normalized spacial score (nSPS) is 13.4. The molecule has 3 aromatic heterocycles. The van der Waals surface area contributed by atoms with Gasteiger partial charge in [0.25, 0.3) is 0 Å². The van der Waals surface area contributed by atoms with Gasteiger partial charge in [0.1, 0.15) is 5.75 Å². The Bertz CT molecular complexity index is 1620. The van der Waals surface area contributed by atoms with Crippen molar-refractivity contribution in [2.75, 3.05) is 37.4 Å². The molecule has 0 radical (unpaired) electrons. The molecule has 0 atom stereocenters. The standard InChI is InChI=1S/C29H30N8O2/c1-39-23-9-6-20(7-10-23)12-14-31-27-26-28(37(19-32-26)17-16-36-15-3-5-25(36)38)35-29(34-27)33-22-8-11-24-21(18-22)4-2-13-30-24/h2,4,6-11,13,18-19H,3,5,12,14-17H2,1H3,(H2,31,33,34,35). The summed E-state index contributed by atoms with van der Waals surface area (Å²) in [6.45, 7) is 2.73. The first-order chi connectivity index (χ1) is 19.2. The fourth-order valence-electron chi connectivity index (χ4n) is 4.86. The van der Waals surface area contributed by atoms with Crippen molar-refractivity contribution in [3.8, 4) is 5.75 Å². The third-order valence-corrected chi connectivity index (χ3v) is 6.97. The number of rotatable bonds is 10. The lowest BCUT2D eigenvalue weighted by molar-refractivity contribution is -0.127. The van der Waals surface area contributed by atoms with Crippen molar-refractivity contribution in [3.05, 3.63) is 72.7 Å². The van der Waals surface area contributed by atoms with Crippen LogP contribution >= 0.6 is 0 Å². The molecule has 10 heteroatoms. The van der Waals surface area contributed by atoms with Crippen LogP contribution in [0.3, 0.4) is 0 Å². The number of carbonyl (C=O) groups is 1. The smallest absolute Gasteiger partial charge is 0.231 e. The van der Waals surface area contributed by atoms with Gasteiger partial charge < -0.3 is 24.8 Å². The van der Waals surface area contributed by atoms with Crippen molar-refractivity contribution in [1.29, 1.82) is 0 Å². The molecule has 0 spiro atoms. The van der Waals surface area contributed by atoms with Crippen LogP contribution < -0.4 is 15.4 Å². The van der Waals surface area contributed by atoms with E-state index in [0.29, 0.717) is 49.0 Å². The van der Waals surface area contributed by atoms with Crippen LogP contribution in [0, 0.1) is 0 Å². The summed E-state index contributed by atoms with van der Waals surface area (Å²) in [5, 5.41) is 7.86. The van der Waals surface area contributed by atoms with Gasteiger partial charge in [-0.05, 0) is 54.8 Å². The zero-order chi connectivity index (χ0) is 26.6. The number of likely N-dealkylation sites (tertiary alicyclic amines) is 1. The van der Waals surface area contributed by atoms with E-state index in [1.807, 2.05) is 51.9 Å². The first kappa shape index (κ1) is 24.6. The average molecular weight is 523 g/mol.